The summed E-state index contributed by atoms with van der Waals surface area (Å²) in [6.07, 6.45) is 4.00. The third-order valence-electron chi connectivity index (χ3n) is 4.23. The van der Waals surface area contributed by atoms with E-state index in [0.717, 1.165) is 61.8 Å². The van der Waals surface area contributed by atoms with Gasteiger partial charge in [-0.15, -0.1) is 11.3 Å². The van der Waals surface area contributed by atoms with Gasteiger partial charge >= 0.3 is 6.03 Å². The number of amides is 2. The summed E-state index contributed by atoms with van der Waals surface area (Å²) in [5, 5.41) is 5.97. The highest BCUT2D eigenvalue weighted by Gasteiger charge is 2.18. The van der Waals surface area contributed by atoms with E-state index in [9.17, 15) is 4.79 Å². The maximum Gasteiger partial charge on any atom is 0.321 e. The number of anilines is 1. The SMILES string of the molecule is CCCN1CCCN(C(=O)Nc2ccc(-c3nccs3)cc2)CC1. The van der Waals surface area contributed by atoms with Gasteiger partial charge in [-0.25, -0.2) is 9.78 Å². The number of aromatic nitrogens is 1. The molecule has 6 heteroatoms. The van der Waals surface area contributed by atoms with Crippen molar-refractivity contribution in [2.24, 2.45) is 0 Å². The van der Waals surface area contributed by atoms with Crippen molar-refractivity contribution in [3.8, 4) is 10.6 Å². The van der Waals surface area contributed by atoms with Crippen molar-refractivity contribution in [2.75, 3.05) is 38.0 Å². The summed E-state index contributed by atoms with van der Waals surface area (Å²) >= 11 is 1.61. The standard InChI is InChI=1S/C18H24N4OS/c1-2-9-21-10-3-11-22(13-12-21)18(23)20-16-6-4-15(5-7-16)17-19-8-14-24-17/h4-8,14H,2-3,9-13H2,1H3,(H,20,23). The second-order valence-corrected chi connectivity index (χ2v) is 6.92. The Hall–Kier alpha value is -1.92. The van der Waals surface area contributed by atoms with Gasteiger partial charge in [-0.05, 0) is 50.2 Å². The van der Waals surface area contributed by atoms with Crippen LogP contribution in [-0.4, -0.2) is 53.5 Å². The minimum absolute atomic E-state index is 0.00431. The van der Waals surface area contributed by atoms with Gasteiger partial charge < -0.3 is 15.1 Å². The summed E-state index contributed by atoms with van der Waals surface area (Å²) in [5.74, 6) is 0. The zero-order valence-corrected chi connectivity index (χ0v) is 14.9. The number of hydrogen-bond acceptors (Lipinski definition) is 4. The Morgan fingerprint density at radius 3 is 2.75 bits per heavy atom. The highest BCUT2D eigenvalue weighted by atomic mass is 32.1. The summed E-state index contributed by atoms with van der Waals surface area (Å²) < 4.78 is 0. The summed E-state index contributed by atoms with van der Waals surface area (Å²) in [7, 11) is 0. The van der Waals surface area contributed by atoms with Gasteiger partial charge in [-0.1, -0.05) is 6.92 Å². The minimum Gasteiger partial charge on any atom is -0.323 e. The highest BCUT2D eigenvalue weighted by Crippen LogP contribution is 2.23. The van der Waals surface area contributed by atoms with Crippen LogP contribution in [0.1, 0.15) is 19.8 Å². The van der Waals surface area contributed by atoms with Crippen LogP contribution in [-0.2, 0) is 0 Å². The van der Waals surface area contributed by atoms with E-state index >= 15 is 0 Å². The van der Waals surface area contributed by atoms with Gasteiger partial charge in [0, 0.05) is 42.5 Å². The summed E-state index contributed by atoms with van der Waals surface area (Å²) in [4.78, 5) is 21.1. The van der Waals surface area contributed by atoms with Crippen LogP contribution in [0, 0.1) is 0 Å². The van der Waals surface area contributed by atoms with E-state index in [2.05, 4.69) is 22.1 Å². The van der Waals surface area contributed by atoms with E-state index in [1.807, 2.05) is 34.5 Å². The molecule has 0 unspecified atom stereocenters. The van der Waals surface area contributed by atoms with Crippen molar-refractivity contribution in [1.82, 2.24) is 14.8 Å². The first-order valence-electron chi connectivity index (χ1n) is 8.54. The van der Waals surface area contributed by atoms with Crippen LogP contribution in [0.15, 0.2) is 35.8 Å². The molecule has 128 valence electrons. The lowest BCUT2D eigenvalue weighted by Crippen LogP contribution is -2.38. The van der Waals surface area contributed by atoms with Gasteiger partial charge in [0.15, 0.2) is 0 Å². The van der Waals surface area contributed by atoms with Gasteiger partial charge in [0.05, 0.1) is 0 Å². The number of hydrogen-bond donors (Lipinski definition) is 1. The Morgan fingerprint density at radius 1 is 1.21 bits per heavy atom. The zero-order valence-electron chi connectivity index (χ0n) is 14.1. The predicted molar refractivity (Wildman–Crippen MR) is 99.5 cm³/mol. The molecule has 1 fully saturated rings. The van der Waals surface area contributed by atoms with Crippen LogP contribution in [0.2, 0.25) is 0 Å². The minimum atomic E-state index is -0.00431. The van der Waals surface area contributed by atoms with Crippen molar-refractivity contribution < 1.29 is 4.79 Å². The lowest BCUT2D eigenvalue weighted by Gasteiger charge is -2.22. The quantitative estimate of drug-likeness (QED) is 0.919. The van der Waals surface area contributed by atoms with Gasteiger partial charge in [-0.2, -0.15) is 0 Å². The lowest BCUT2D eigenvalue weighted by atomic mass is 10.2. The number of nitrogens with one attached hydrogen (secondary N) is 1. The fourth-order valence-electron chi connectivity index (χ4n) is 2.98. The summed E-state index contributed by atoms with van der Waals surface area (Å²) in [6.45, 7) is 6.98. The Morgan fingerprint density at radius 2 is 2.04 bits per heavy atom. The Balaban J connectivity index is 1.56. The fraction of sp³-hybridized carbons (Fsp3) is 0.444. The van der Waals surface area contributed by atoms with Gasteiger partial charge in [0.2, 0.25) is 0 Å². The van der Waals surface area contributed by atoms with Crippen LogP contribution in [0.3, 0.4) is 0 Å². The van der Waals surface area contributed by atoms with Crippen LogP contribution < -0.4 is 5.32 Å². The first kappa shape index (κ1) is 16.9. The fourth-order valence-corrected chi connectivity index (χ4v) is 3.62. The normalized spacial score (nSPS) is 16.0. The second kappa shape index (κ2) is 8.26. The van der Waals surface area contributed by atoms with Crippen LogP contribution in [0.4, 0.5) is 10.5 Å². The van der Waals surface area contributed by atoms with E-state index < -0.39 is 0 Å². The lowest BCUT2D eigenvalue weighted by molar-refractivity contribution is 0.211. The molecular weight excluding hydrogens is 320 g/mol. The zero-order chi connectivity index (χ0) is 16.8. The molecule has 2 heterocycles. The molecule has 0 radical (unpaired) electrons. The average Bonchev–Trinajstić information content (AvgIpc) is 3.03. The third kappa shape index (κ3) is 4.33. The van der Waals surface area contributed by atoms with E-state index in [-0.39, 0.29) is 6.03 Å². The van der Waals surface area contributed by atoms with Crippen LogP contribution in [0.5, 0.6) is 0 Å². The number of thiazole rings is 1. The van der Waals surface area contributed by atoms with E-state index in [4.69, 9.17) is 0 Å². The maximum atomic E-state index is 12.5. The molecule has 5 nitrogen and oxygen atoms in total. The van der Waals surface area contributed by atoms with Crippen molar-refractivity contribution in [1.29, 1.82) is 0 Å². The molecule has 1 saturated heterocycles. The van der Waals surface area contributed by atoms with Crippen molar-refractivity contribution in [3.63, 3.8) is 0 Å². The molecule has 1 N–H and O–H groups in total. The monoisotopic (exact) mass is 344 g/mol. The number of benzene rings is 1. The number of nitrogens with zero attached hydrogens (tertiary/aromatic N) is 3. The first-order valence-corrected chi connectivity index (χ1v) is 9.42. The van der Waals surface area contributed by atoms with E-state index in [1.54, 1.807) is 17.5 Å². The van der Waals surface area contributed by atoms with Crippen molar-refractivity contribution in [2.45, 2.75) is 19.8 Å². The largest absolute Gasteiger partial charge is 0.323 e. The molecule has 1 aromatic carbocycles. The number of rotatable bonds is 4. The molecule has 2 aromatic rings. The molecule has 0 bridgehead atoms. The molecule has 1 aliphatic rings. The smallest absolute Gasteiger partial charge is 0.321 e. The molecule has 0 aliphatic carbocycles. The van der Waals surface area contributed by atoms with Gasteiger partial charge in [-0.3, -0.25) is 0 Å². The number of urea groups is 1. The molecule has 0 saturated carbocycles. The van der Waals surface area contributed by atoms with Gasteiger partial charge in [0.1, 0.15) is 5.01 Å². The topological polar surface area (TPSA) is 48.5 Å². The van der Waals surface area contributed by atoms with Gasteiger partial charge in [0.25, 0.3) is 0 Å². The Labute approximate surface area is 147 Å². The van der Waals surface area contributed by atoms with Crippen LogP contribution in [0.25, 0.3) is 10.6 Å². The Bertz CT molecular complexity index is 642. The molecule has 1 aromatic heterocycles. The van der Waals surface area contributed by atoms with Crippen molar-refractivity contribution >= 4 is 23.1 Å². The highest BCUT2D eigenvalue weighted by molar-refractivity contribution is 7.13. The van der Waals surface area contributed by atoms with Crippen molar-refractivity contribution in [3.05, 3.63) is 35.8 Å². The first-order chi connectivity index (χ1) is 11.8. The second-order valence-electron chi connectivity index (χ2n) is 6.03. The molecule has 0 atom stereocenters. The average molecular weight is 344 g/mol. The predicted octanol–water partition coefficient (Wildman–Crippen LogP) is 3.76. The molecule has 1 aliphatic heterocycles. The van der Waals surface area contributed by atoms with E-state index in [0.29, 0.717) is 0 Å². The number of carbonyl (C=O) groups is 1. The third-order valence-corrected chi connectivity index (χ3v) is 5.05. The maximum absolute atomic E-state index is 12.5. The molecule has 2 amide bonds. The van der Waals surface area contributed by atoms with Crippen LogP contribution >= 0.6 is 11.3 Å². The Kier molecular flexibility index (Phi) is 5.82. The molecular formula is C18H24N4OS. The summed E-state index contributed by atoms with van der Waals surface area (Å²) in [5.41, 5.74) is 1.91. The number of carbonyl (C=O) groups excluding carboxylic acids is 1. The molecule has 3 rings (SSSR count). The molecule has 0 spiro atoms. The van der Waals surface area contributed by atoms with E-state index in [1.165, 1.54) is 0 Å². The molecule has 24 heavy (non-hydrogen) atoms. The summed E-state index contributed by atoms with van der Waals surface area (Å²) in [6, 6.07) is 7.88.